The van der Waals surface area contributed by atoms with Crippen molar-refractivity contribution in [2.24, 2.45) is 0 Å². The molecule has 4 rings (SSSR count). The summed E-state index contributed by atoms with van der Waals surface area (Å²) in [4.78, 5) is 3.87. The average Bonchev–Trinajstić information content (AvgIpc) is 3.44. The van der Waals surface area contributed by atoms with Crippen LogP contribution in [0.3, 0.4) is 0 Å². The van der Waals surface area contributed by atoms with Crippen LogP contribution in [0.5, 0.6) is 5.88 Å². The Morgan fingerprint density at radius 3 is 2.82 bits per heavy atom. The third kappa shape index (κ3) is 5.53. The number of nitrogens with one attached hydrogen (secondary N) is 3. The minimum absolute atomic E-state index is 0.145. The summed E-state index contributed by atoms with van der Waals surface area (Å²) in [5.41, 5.74) is 2.09. The summed E-state index contributed by atoms with van der Waals surface area (Å²) in [5, 5.41) is 12.1. The second-order valence-corrected chi connectivity index (χ2v) is 9.61. The Hall–Kier alpha value is -2.93. The standard InChI is InChI=1S/C20H22ClN7O3S2/c1-2-22-9-10-23-17-11-15(21)8-7-14(17)12-31-19-16-5-3-4-6-18(16)28(26-19)33(29,30)27-20-24-13-25-32-20/h3-8,11,13,22-23H,2,9-10,12H2,1H3,(H,24,25,27). The molecule has 174 valence electrons. The van der Waals surface area contributed by atoms with Gasteiger partial charge in [-0.3, -0.25) is 0 Å². The normalized spacial score (nSPS) is 11.6. The van der Waals surface area contributed by atoms with E-state index < -0.39 is 10.2 Å². The van der Waals surface area contributed by atoms with Gasteiger partial charge in [0.05, 0.1) is 10.9 Å². The SMILES string of the molecule is CCNCCNc1cc(Cl)ccc1COc1nn(S(=O)(=O)Nc2ncns2)c2ccccc12. The van der Waals surface area contributed by atoms with E-state index in [2.05, 4.69) is 29.8 Å². The van der Waals surface area contributed by atoms with E-state index in [4.69, 9.17) is 16.3 Å². The highest BCUT2D eigenvalue weighted by Gasteiger charge is 2.22. The van der Waals surface area contributed by atoms with Crippen molar-refractivity contribution in [3.63, 3.8) is 0 Å². The number of halogens is 1. The van der Waals surface area contributed by atoms with Gasteiger partial charge in [-0.2, -0.15) is 12.8 Å². The van der Waals surface area contributed by atoms with E-state index in [1.807, 2.05) is 19.1 Å². The largest absolute Gasteiger partial charge is 0.471 e. The molecular formula is C20H22ClN7O3S2. The van der Waals surface area contributed by atoms with Crippen molar-refractivity contribution < 1.29 is 13.2 Å². The van der Waals surface area contributed by atoms with Crippen LogP contribution >= 0.6 is 23.1 Å². The maximum atomic E-state index is 12.9. The lowest BCUT2D eigenvalue weighted by atomic mass is 10.2. The highest BCUT2D eigenvalue weighted by atomic mass is 35.5. The van der Waals surface area contributed by atoms with Crippen LogP contribution in [-0.2, 0) is 16.8 Å². The molecule has 13 heteroatoms. The summed E-state index contributed by atoms with van der Waals surface area (Å²) in [6.45, 7) is 4.63. The highest BCUT2D eigenvalue weighted by Crippen LogP contribution is 2.29. The van der Waals surface area contributed by atoms with Crippen molar-refractivity contribution >= 4 is 55.1 Å². The Bertz CT molecular complexity index is 1330. The molecule has 0 saturated heterocycles. The summed E-state index contributed by atoms with van der Waals surface area (Å²) in [5.74, 6) is 0.196. The van der Waals surface area contributed by atoms with Crippen LogP contribution in [0.2, 0.25) is 5.02 Å². The molecule has 0 aliphatic rings. The average molecular weight is 508 g/mol. The van der Waals surface area contributed by atoms with Crippen molar-refractivity contribution in [2.45, 2.75) is 13.5 Å². The number of aromatic nitrogens is 4. The van der Waals surface area contributed by atoms with E-state index in [1.165, 1.54) is 6.33 Å². The third-order valence-electron chi connectivity index (χ3n) is 4.63. The van der Waals surface area contributed by atoms with Crippen molar-refractivity contribution in [3.8, 4) is 5.88 Å². The predicted octanol–water partition coefficient (Wildman–Crippen LogP) is 3.35. The number of anilines is 2. The van der Waals surface area contributed by atoms with E-state index >= 15 is 0 Å². The van der Waals surface area contributed by atoms with Gasteiger partial charge in [0.15, 0.2) is 0 Å². The molecule has 0 aliphatic heterocycles. The van der Waals surface area contributed by atoms with Crippen LogP contribution in [0.1, 0.15) is 12.5 Å². The van der Waals surface area contributed by atoms with Gasteiger partial charge < -0.3 is 15.4 Å². The van der Waals surface area contributed by atoms with E-state index in [0.29, 0.717) is 22.5 Å². The number of nitrogens with zero attached hydrogens (tertiary/aromatic N) is 4. The number of rotatable bonds is 11. The van der Waals surface area contributed by atoms with Crippen LogP contribution in [0.15, 0.2) is 48.8 Å². The molecule has 33 heavy (non-hydrogen) atoms. The van der Waals surface area contributed by atoms with Crippen LogP contribution in [-0.4, -0.2) is 46.6 Å². The van der Waals surface area contributed by atoms with Crippen molar-refractivity contribution in [2.75, 3.05) is 29.7 Å². The number of likely N-dealkylation sites (N-methyl/N-ethyl adjacent to an activating group) is 1. The van der Waals surface area contributed by atoms with E-state index in [9.17, 15) is 8.42 Å². The first-order valence-electron chi connectivity index (χ1n) is 10.1. The van der Waals surface area contributed by atoms with E-state index in [1.54, 1.807) is 30.3 Å². The molecule has 2 aromatic heterocycles. The lowest BCUT2D eigenvalue weighted by Gasteiger charge is -2.13. The Labute approximate surface area is 200 Å². The number of para-hydroxylation sites is 1. The molecule has 4 aromatic rings. The second-order valence-electron chi connectivity index (χ2n) is 6.89. The highest BCUT2D eigenvalue weighted by molar-refractivity contribution is 7.91. The molecule has 0 unspecified atom stereocenters. The van der Waals surface area contributed by atoms with Gasteiger partial charge in [-0.15, -0.1) is 9.19 Å². The van der Waals surface area contributed by atoms with Crippen molar-refractivity contribution in [3.05, 3.63) is 59.4 Å². The van der Waals surface area contributed by atoms with Gasteiger partial charge in [0.2, 0.25) is 11.0 Å². The zero-order valence-corrected chi connectivity index (χ0v) is 20.0. The van der Waals surface area contributed by atoms with E-state index in [-0.39, 0.29) is 17.6 Å². The van der Waals surface area contributed by atoms with Gasteiger partial charge in [0, 0.05) is 40.9 Å². The number of benzene rings is 2. The molecular weight excluding hydrogens is 486 g/mol. The van der Waals surface area contributed by atoms with Crippen LogP contribution in [0.25, 0.3) is 10.9 Å². The maximum Gasteiger partial charge on any atom is 0.345 e. The summed E-state index contributed by atoms with van der Waals surface area (Å²) in [6, 6.07) is 12.4. The second kappa shape index (κ2) is 10.3. The molecule has 0 bridgehead atoms. The zero-order valence-electron chi connectivity index (χ0n) is 17.7. The fraction of sp³-hybridized carbons (Fsp3) is 0.250. The first-order chi connectivity index (χ1) is 16.0. The topological polar surface area (TPSA) is 123 Å². The Kier molecular flexibility index (Phi) is 7.28. The van der Waals surface area contributed by atoms with Crippen molar-refractivity contribution in [1.29, 1.82) is 0 Å². The van der Waals surface area contributed by atoms with Crippen LogP contribution in [0.4, 0.5) is 10.8 Å². The van der Waals surface area contributed by atoms with Crippen LogP contribution in [0, 0.1) is 0 Å². The molecule has 0 spiro atoms. The molecule has 3 N–H and O–H groups in total. The van der Waals surface area contributed by atoms with Crippen molar-refractivity contribution in [1.82, 2.24) is 23.9 Å². The van der Waals surface area contributed by atoms with Gasteiger partial charge in [-0.25, -0.2) is 9.71 Å². The predicted molar refractivity (Wildman–Crippen MR) is 130 cm³/mol. The quantitative estimate of drug-likeness (QED) is 0.264. The van der Waals surface area contributed by atoms with Gasteiger partial charge in [-0.1, -0.05) is 36.7 Å². The summed E-state index contributed by atoms with van der Waals surface area (Å²) < 4.78 is 38.9. The van der Waals surface area contributed by atoms with Crippen LogP contribution < -0.4 is 20.1 Å². The molecule has 2 aromatic carbocycles. The molecule has 0 amide bonds. The van der Waals surface area contributed by atoms with Gasteiger partial charge in [0.1, 0.15) is 12.9 Å². The number of ether oxygens (including phenoxy) is 1. The molecule has 0 atom stereocenters. The maximum absolute atomic E-state index is 12.9. The van der Waals surface area contributed by atoms with Gasteiger partial charge >= 0.3 is 10.2 Å². The van der Waals surface area contributed by atoms with E-state index in [0.717, 1.165) is 40.0 Å². The minimum atomic E-state index is -4.06. The number of fused-ring (bicyclic) bond motifs is 1. The molecule has 0 fully saturated rings. The Morgan fingerprint density at radius 1 is 1.18 bits per heavy atom. The zero-order chi connectivity index (χ0) is 23.3. The number of hydrogen-bond donors (Lipinski definition) is 3. The lowest BCUT2D eigenvalue weighted by Crippen LogP contribution is -2.22. The molecule has 0 aliphatic carbocycles. The first-order valence-corrected chi connectivity index (χ1v) is 12.7. The lowest BCUT2D eigenvalue weighted by molar-refractivity contribution is 0.296. The fourth-order valence-electron chi connectivity index (χ4n) is 3.12. The summed E-state index contributed by atoms with van der Waals surface area (Å²) in [7, 11) is -4.06. The fourth-order valence-corrected chi connectivity index (χ4v) is 5.01. The van der Waals surface area contributed by atoms with Gasteiger partial charge in [0.25, 0.3) is 0 Å². The summed E-state index contributed by atoms with van der Waals surface area (Å²) in [6.07, 6.45) is 1.27. The first kappa shape index (κ1) is 23.2. The van der Waals surface area contributed by atoms with Gasteiger partial charge in [-0.05, 0) is 30.8 Å². The third-order valence-corrected chi connectivity index (χ3v) is 6.76. The molecule has 2 heterocycles. The minimum Gasteiger partial charge on any atom is -0.471 e. The molecule has 0 saturated carbocycles. The molecule has 0 radical (unpaired) electrons. The molecule has 10 nitrogen and oxygen atoms in total. The summed E-state index contributed by atoms with van der Waals surface area (Å²) >= 11 is 7.10. The Balaban J connectivity index is 1.58. The smallest absolute Gasteiger partial charge is 0.345 e. The monoisotopic (exact) mass is 507 g/mol. The Morgan fingerprint density at radius 2 is 2.03 bits per heavy atom. The number of hydrogen-bond acceptors (Lipinski definition) is 9.